The molecule has 0 unspecified atom stereocenters. The second-order valence-corrected chi connectivity index (χ2v) is 4.92. The number of nitrogens with two attached hydrogens (primary N) is 1. The summed E-state index contributed by atoms with van der Waals surface area (Å²) >= 11 is 0. The molecule has 0 radical (unpaired) electrons. The molecule has 5 nitrogen and oxygen atoms in total. The van der Waals surface area contributed by atoms with E-state index in [1.807, 2.05) is 13.8 Å². The van der Waals surface area contributed by atoms with Gasteiger partial charge in [0.15, 0.2) is 0 Å². The number of hydrogen-bond acceptors (Lipinski definition) is 4. The first kappa shape index (κ1) is 12.1. The van der Waals surface area contributed by atoms with Crippen LogP contribution >= 0.6 is 0 Å². The SMILES string of the molecule is COC1(c2nc(N)c(C(C)C)c(=O)[nH]2)CCC1. The Hall–Kier alpha value is -1.36. The minimum Gasteiger partial charge on any atom is -0.383 e. The molecule has 1 aromatic heterocycles. The van der Waals surface area contributed by atoms with Crippen molar-refractivity contribution in [1.29, 1.82) is 0 Å². The summed E-state index contributed by atoms with van der Waals surface area (Å²) in [7, 11) is 1.64. The zero-order valence-electron chi connectivity index (χ0n) is 10.5. The standard InChI is InChI=1S/C12H19N3O2/c1-7(2)8-9(13)14-11(15-10(8)16)12(17-3)5-4-6-12/h7H,4-6H2,1-3H3,(H3,13,14,15,16). The van der Waals surface area contributed by atoms with E-state index >= 15 is 0 Å². The monoisotopic (exact) mass is 237 g/mol. The molecule has 0 aromatic carbocycles. The van der Waals surface area contributed by atoms with Crippen molar-refractivity contribution in [1.82, 2.24) is 9.97 Å². The van der Waals surface area contributed by atoms with Crippen LogP contribution in [-0.4, -0.2) is 17.1 Å². The lowest BCUT2D eigenvalue weighted by Crippen LogP contribution is -2.40. The number of aromatic amines is 1. The van der Waals surface area contributed by atoms with Gasteiger partial charge in [0.1, 0.15) is 17.2 Å². The Morgan fingerprint density at radius 2 is 2.12 bits per heavy atom. The van der Waals surface area contributed by atoms with Crippen LogP contribution in [0.2, 0.25) is 0 Å². The van der Waals surface area contributed by atoms with Gasteiger partial charge in [-0.05, 0) is 25.2 Å². The Morgan fingerprint density at radius 1 is 1.47 bits per heavy atom. The number of nitrogens with zero attached hydrogens (tertiary/aromatic N) is 1. The number of nitrogen functional groups attached to an aromatic ring is 1. The number of aromatic nitrogens is 2. The molecule has 2 rings (SSSR count). The van der Waals surface area contributed by atoms with E-state index in [1.54, 1.807) is 7.11 Å². The molecular weight excluding hydrogens is 218 g/mol. The number of H-pyrrole nitrogens is 1. The number of rotatable bonds is 3. The van der Waals surface area contributed by atoms with E-state index in [0.29, 0.717) is 17.2 Å². The third kappa shape index (κ3) is 1.84. The summed E-state index contributed by atoms with van der Waals surface area (Å²) in [6.45, 7) is 3.86. The fraction of sp³-hybridized carbons (Fsp3) is 0.667. The molecule has 0 aliphatic heterocycles. The van der Waals surface area contributed by atoms with Crippen molar-refractivity contribution in [3.05, 3.63) is 21.7 Å². The molecule has 1 aromatic rings. The van der Waals surface area contributed by atoms with E-state index in [9.17, 15) is 4.79 Å². The van der Waals surface area contributed by atoms with Crippen LogP contribution in [0.4, 0.5) is 5.82 Å². The molecule has 5 heteroatoms. The summed E-state index contributed by atoms with van der Waals surface area (Å²) < 4.78 is 5.48. The molecular formula is C12H19N3O2. The molecule has 0 saturated heterocycles. The number of methoxy groups -OCH3 is 1. The van der Waals surface area contributed by atoms with Gasteiger partial charge < -0.3 is 15.5 Å². The van der Waals surface area contributed by atoms with Crippen molar-refractivity contribution < 1.29 is 4.74 Å². The van der Waals surface area contributed by atoms with E-state index in [-0.39, 0.29) is 11.5 Å². The summed E-state index contributed by atoms with van der Waals surface area (Å²) in [5, 5.41) is 0. The molecule has 1 aliphatic carbocycles. The summed E-state index contributed by atoms with van der Waals surface area (Å²) in [5.74, 6) is 0.959. The largest absolute Gasteiger partial charge is 0.383 e. The van der Waals surface area contributed by atoms with Crippen molar-refractivity contribution in [2.75, 3.05) is 12.8 Å². The van der Waals surface area contributed by atoms with E-state index in [4.69, 9.17) is 10.5 Å². The molecule has 0 amide bonds. The second-order valence-electron chi connectivity index (χ2n) is 4.92. The molecule has 0 spiro atoms. The third-order valence-electron chi connectivity index (χ3n) is 3.55. The van der Waals surface area contributed by atoms with Gasteiger partial charge >= 0.3 is 0 Å². The molecule has 1 fully saturated rings. The van der Waals surface area contributed by atoms with Crippen molar-refractivity contribution in [2.24, 2.45) is 0 Å². The normalized spacial score (nSPS) is 18.1. The van der Waals surface area contributed by atoms with Gasteiger partial charge in [-0.2, -0.15) is 0 Å². The Bertz CT molecular complexity index is 470. The van der Waals surface area contributed by atoms with Gasteiger partial charge in [0.05, 0.1) is 5.56 Å². The van der Waals surface area contributed by atoms with Gasteiger partial charge in [0.25, 0.3) is 5.56 Å². The first-order chi connectivity index (χ1) is 8.00. The van der Waals surface area contributed by atoms with Crippen molar-refractivity contribution in [3.63, 3.8) is 0 Å². The zero-order chi connectivity index (χ0) is 12.6. The molecule has 0 atom stereocenters. The Balaban J connectivity index is 2.49. The fourth-order valence-electron chi connectivity index (χ4n) is 2.31. The van der Waals surface area contributed by atoms with E-state index in [1.165, 1.54) is 0 Å². The number of hydrogen-bond donors (Lipinski definition) is 2. The molecule has 1 saturated carbocycles. The highest BCUT2D eigenvalue weighted by Gasteiger charge is 2.41. The van der Waals surface area contributed by atoms with Gasteiger partial charge in [-0.25, -0.2) is 4.98 Å². The number of anilines is 1. The summed E-state index contributed by atoms with van der Waals surface area (Å²) in [5.41, 5.74) is 5.85. The minimum atomic E-state index is -0.428. The average molecular weight is 237 g/mol. The van der Waals surface area contributed by atoms with Crippen LogP contribution in [0, 0.1) is 0 Å². The van der Waals surface area contributed by atoms with Crippen LogP contribution in [0.15, 0.2) is 4.79 Å². The molecule has 94 valence electrons. The molecule has 1 aliphatic rings. The zero-order valence-corrected chi connectivity index (χ0v) is 10.5. The lowest BCUT2D eigenvalue weighted by molar-refractivity contribution is -0.0847. The topological polar surface area (TPSA) is 81.0 Å². The minimum absolute atomic E-state index is 0.0696. The smallest absolute Gasteiger partial charge is 0.256 e. The van der Waals surface area contributed by atoms with Gasteiger partial charge in [-0.3, -0.25) is 4.79 Å². The third-order valence-corrected chi connectivity index (χ3v) is 3.55. The number of ether oxygens (including phenoxy) is 1. The highest BCUT2D eigenvalue weighted by Crippen LogP contribution is 2.42. The lowest BCUT2D eigenvalue weighted by Gasteiger charge is -2.39. The molecule has 0 bridgehead atoms. The van der Waals surface area contributed by atoms with Gasteiger partial charge in [0, 0.05) is 7.11 Å². The van der Waals surface area contributed by atoms with Gasteiger partial charge in [0.2, 0.25) is 0 Å². The Labute approximate surface area is 100 Å². The van der Waals surface area contributed by atoms with E-state index in [2.05, 4.69) is 9.97 Å². The predicted octanol–water partition coefficient (Wildman–Crippen LogP) is 1.50. The van der Waals surface area contributed by atoms with Crippen molar-refractivity contribution in [3.8, 4) is 0 Å². The van der Waals surface area contributed by atoms with Crippen LogP contribution in [0.1, 0.15) is 50.4 Å². The molecule has 1 heterocycles. The maximum atomic E-state index is 12.0. The quantitative estimate of drug-likeness (QED) is 0.834. The van der Waals surface area contributed by atoms with Crippen LogP contribution in [-0.2, 0) is 10.3 Å². The predicted molar refractivity (Wildman–Crippen MR) is 65.9 cm³/mol. The maximum absolute atomic E-state index is 12.0. The van der Waals surface area contributed by atoms with Crippen molar-refractivity contribution >= 4 is 5.82 Å². The Kier molecular flexibility index (Phi) is 2.95. The lowest BCUT2D eigenvalue weighted by atomic mass is 9.79. The fourth-order valence-corrected chi connectivity index (χ4v) is 2.31. The first-order valence-corrected chi connectivity index (χ1v) is 5.95. The summed E-state index contributed by atoms with van der Waals surface area (Å²) in [6, 6.07) is 0. The Morgan fingerprint density at radius 3 is 2.47 bits per heavy atom. The molecule has 3 N–H and O–H groups in total. The van der Waals surface area contributed by atoms with E-state index in [0.717, 1.165) is 19.3 Å². The first-order valence-electron chi connectivity index (χ1n) is 5.95. The van der Waals surface area contributed by atoms with E-state index < -0.39 is 5.60 Å². The second kappa shape index (κ2) is 4.14. The maximum Gasteiger partial charge on any atom is 0.256 e. The van der Waals surface area contributed by atoms with Crippen LogP contribution in [0.3, 0.4) is 0 Å². The number of nitrogens with one attached hydrogen (secondary N) is 1. The highest BCUT2D eigenvalue weighted by atomic mass is 16.5. The summed E-state index contributed by atoms with van der Waals surface area (Å²) in [6.07, 6.45) is 2.85. The van der Waals surface area contributed by atoms with Gasteiger partial charge in [-0.1, -0.05) is 13.8 Å². The van der Waals surface area contributed by atoms with Crippen LogP contribution < -0.4 is 11.3 Å². The average Bonchev–Trinajstić information content (AvgIpc) is 2.14. The van der Waals surface area contributed by atoms with Gasteiger partial charge in [-0.15, -0.1) is 0 Å². The van der Waals surface area contributed by atoms with Crippen LogP contribution in [0.5, 0.6) is 0 Å². The molecule has 17 heavy (non-hydrogen) atoms. The van der Waals surface area contributed by atoms with Crippen LogP contribution in [0.25, 0.3) is 0 Å². The van der Waals surface area contributed by atoms with Crippen molar-refractivity contribution in [2.45, 2.75) is 44.6 Å². The highest BCUT2D eigenvalue weighted by molar-refractivity contribution is 5.40. The summed E-state index contributed by atoms with van der Waals surface area (Å²) in [4.78, 5) is 19.1.